The maximum absolute atomic E-state index is 12.3. The minimum absolute atomic E-state index is 0.166. The Balaban J connectivity index is 2.78. The second-order valence-electron chi connectivity index (χ2n) is 2.89. The van der Waals surface area contributed by atoms with Crippen LogP contribution in [0, 0.1) is 0 Å². The highest BCUT2D eigenvalue weighted by atomic mass is 32.3. The van der Waals surface area contributed by atoms with Crippen molar-refractivity contribution in [2.24, 2.45) is 0 Å². The van der Waals surface area contributed by atoms with Crippen LogP contribution in [0.15, 0.2) is 8.47 Å². The van der Waals surface area contributed by atoms with E-state index in [9.17, 15) is 4.57 Å². The van der Waals surface area contributed by atoms with E-state index in [2.05, 4.69) is 13.8 Å². The summed E-state index contributed by atoms with van der Waals surface area (Å²) in [5, 5.41) is 0. The van der Waals surface area contributed by atoms with Gasteiger partial charge < -0.3 is 9.05 Å². The lowest BCUT2D eigenvalue weighted by atomic mass is 11.0. The van der Waals surface area contributed by atoms with Crippen molar-refractivity contribution in [2.45, 2.75) is 18.2 Å². The molecule has 0 spiro atoms. The lowest BCUT2D eigenvalue weighted by Gasteiger charge is -2.18. The first-order valence-electron chi connectivity index (χ1n) is 5.15. The smallest absolute Gasteiger partial charge is 0.311 e. The van der Waals surface area contributed by atoms with E-state index in [1.54, 1.807) is 47.0 Å². The summed E-state index contributed by atoms with van der Waals surface area (Å²) in [5.74, 6) is 2.04. The molecule has 0 aromatic rings. The summed E-state index contributed by atoms with van der Waals surface area (Å²) in [5.41, 5.74) is 0. The molecular formula is C9H17O3PS4. The summed E-state index contributed by atoms with van der Waals surface area (Å²) in [6, 6.07) is 0. The molecule has 17 heavy (non-hydrogen) atoms. The molecule has 0 atom stereocenters. The summed E-state index contributed by atoms with van der Waals surface area (Å²) >= 11 is 6.81. The predicted molar refractivity (Wildman–Crippen MR) is 83.9 cm³/mol. The van der Waals surface area contributed by atoms with Crippen molar-refractivity contribution in [1.82, 2.24) is 0 Å². The first-order chi connectivity index (χ1) is 8.11. The molecule has 0 aliphatic carbocycles. The third kappa shape index (κ3) is 4.13. The van der Waals surface area contributed by atoms with Gasteiger partial charge in [0.15, 0.2) is 4.32 Å². The van der Waals surface area contributed by atoms with Crippen LogP contribution in [0.3, 0.4) is 0 Å². The van der Waals surface area contributed by atoms with Gasteiger partial charge in [-0.15, -0.1) is 23.5 Å². The SMILES string of the molecule is CCSC1=C(SCC)SC(P(=O)(OC)OC)S1. The average molecular weight is 332 g/mol. The average Bonchev–Trinajstić information content (AvgIpc) is 2.73. The summed E-state index contributed by atoms with van der Waals surface area (Å²) < 4.78 is 24.8. The molecule has 0 saturated heterocycles. The van der Waals surface area contributed by atoms with Crippen LogP contribution >= 0.6 is 54.6 Å². The van der Waals surface area contributed by atoms with E-state index in [4.69, 9.17) is 9.05 Å². The van der Waals surface area contributed by atoms with Gasteiger partial charge in [0.05, 0.1) is 8.47 Å². The minimum atomic E-state index is -2.99. The molecule has 1 rings (SSSR count). The van der Waals surface area contributed by atoms with Crippen LogP contribution in [0.2, 0.25) is 0 Å². The predicted octanol–water partition coefficient (Wildman–Crippen LogP) is 4.87. The van der Waals surface area contributed by atoms with Crippen molar-refractivity contribution in [3.8, 4) is 0 Å². The van der Waals surface area contributed by atoms with Gasteiger partial charge in [0.1, 0.15) is 0 Å². The fourth-order valence-corrected chi connectivity index (χ4v) is 10.3. The van der Waals surface area contributed by atoms with E-state index in [1.165, 1.54) is 22.7 Å². The van der Waals surface area contributed by atoms with Crippen LogP contribution in [0.1, 0.15) is 13.8 Å². The van der Waals surface area contributed by atoms with Crippen LogP contribution in [-0.4, -0.2) is 30.0 Å². The summed E-state index contributed by atoms with van der Waals surface area (Å²) in [4.78, 5) is 0. The molecule has 1 aliphatic rings. The van der Waals surface area contributed by atoms with Gasteiger partial charge in [0.2, 0.25) is 0 Å². The van der Waals surface area contributed by atoms with Crippen molar-refractivity contribution in [2.75, 3.05) is 25.7 Å². The number of hydrogen-bond acceptors (Lipinski definition) is 7. The third-order valence-electron chi connectivity index (χ3n) is 1.90. The Labute approximate surface area is 120 Å². The largest absolute Gasteiger partial charge is 0.353 e. The second-order valence-corrected chi connectivity index (χ2v) is 11.5. The quantitative estimate of drug-likeness (QED) is 0.615. The van der Waals surface area contributed by atoms with Crippen LogP contribution in [0.5, 0.6) is 0 Å². The summed E-state index contributed by atoms with van der Waals surface area (Å²) in [7, 11) is -0.0984. The van der Waals surface area contributed by atoms with Crippen molar-refractivity contribution in [3.63, 3.8) is 0 Å². The molecule has 1 aliphatic heterocycles. The molecule has 0 aromatic carbocycles. The van der Waals surface area contributed by atoms with Gasteiger partial charge in [-0.3, -0.25) is 4.57 Å². The zero-order chi connectivity index (χ0) is 12.9. The lowest BCUT2D eigenvalue weighted by molar-refractivity contribution is 0.279. The van der Waals surface area contributed by atoms with Crippen molar-refractivity contribution in [1.29, 1.82) is 0 Å². The van der Waals surface area contributed by atoms with E-state index in [1.807, 2.05) is 0 Å². The zero-order valence-corrected chi connectivity index (χ0v) is 14.5. The van der Waals surface area contributed by atoms with Gasteiger partial charge in [-0.25, -0.2) is 0 Å². The van der Waals surface area contributed by atoms with Gasteiger partial charge in [-0.2, -0.15) is 0 Å². The topological polar surface area (TPSA) is 35.5 Å². The molecule has 0 bridgehead atoms. The molecule has 0 amide bonds. The molecular weight excluding hydrogens is 315 g/mol. The van der Waals surface area contributed by atoms with E-state index < -0.39 is 7.60 Å². The molecule has 1 heterocycles. The standard InChI is InChI=1S/C9H17O3PS4/c1-5-14-7-8(15-6-2)17-9(16-7)13(10,11-3)12-4/h9H,5-6H2,1-4H3. The first kappa shape index (κ1) is 16.3. The molecule has 0 aromatic heterocycles. The second kappa shape index (κ2) is 7.78. The Morgan fingerprint density at radius 2 is 1.53 bits per heavy atom. The maximum Gasteiger partial charge on any atom is 0.353 e. The highest BCUT2D eigenvalue weighted by molar-refractivity contribution is 8.40. The van der Waals surface area contributed by atoms with Crippen molar-refractivity contribution < 1.29 is 13.6 Å². The van der Waals surface area contributed by atoms with Gasteiger partial charge in [0, 0.05) is 14.2 Å². The molecule has 3 nitrogen and oxygen atoms in total. The first-order valence-corrected chi connectivity index (χ1v) is 10.5. The van der Waals surface area contributed by atoms with E-state index >= 15 is 0 Å². The molecule has 0 saturated carbocycles. The molecule has 0 radical (unpaired) electrons. The third-order valence-corrected chi connectivity index (χ3v) is 10.7. The Morgan fingerprint density at radius 1 is 1.12 bits per heavy atom. The van der Waals surface area contributed by atoms with Gasteiger partial charge >= 0.3 is 7.60 Å². The zero-order valence-electron chi connectivity index (χ0n) is 10.3. The van der Waals surface area contributed by atoms with Crippen molar-refractivity contribution in [3.05, 3.63) is 8.47 Å². The monoisotopic (exact) mass is 332 g/mol. The molecule has 0 N–H and O–H groups in total. The van der Waals surface area contributed by atoms with Crippen LogP contribution < -0.4 is 0 Å². The van der Waals surface area contributed by atoms with Gasteiger partial charge in [-0.1, -0.05) is 37.4 Å². The Hall–Kier alpha value is 1.29. The highest BCUT2D eigenvalue weighted by Crippen LogP contribution is 2.69. The van der Waals surface area contributed by atoms with Crippen LogP contribution in [0.4, 0.5) is 0 Å². The lowest BCUT2D eigenvalue weighted by Crippen LogP contribution is -1.99. The fraction of sp³-hybridized carbons (Fsp3) is 0.778. The van der Waals surface area contributed by atoms with Gasteiger partial charge in [0.25, 0.3) is 0 Å². The molecule has 100 valence electrons. The van der Waals surface area contributed by atoms with Crippen LogP contribution in [0.25, 0.3) is 0 Å². The number of hydrogen-bond donors (Lipinski definition) is 0. The maximum atomic E-state index is 12.3. The Bertz CT molecular complexity index is 308. The van der Waals surface area contributed by atoms with E-state index in [-0.39, 0.29) is 4.32 Å². The number of thioether (sulfide) groups is 4. The van der Waals surface area contributed by atoms with Crippen LogP contribution in [-0.2, 0) is 13.6 Å². The minimum Gasteiger partial charge on any atom is -0.311 e. The highest BCUT2D eigenvalue weighted by Gasteiger charge is 2.41. The Kier molecular flexibility index (Phi) is 7.48. The van der Waals surface area contributed by atoms with E-state index in [0.29, 0.717) is 0 Å². The molecule has 0 fully saturated rings. The van der Waals surface area contributed by atoms with Gasteiger partial charge in [-0.05, 0) is 11.5 Å². The Morgan fingerprint density at radius 3 is 1.82 bits per heavy atom. The molecule has 0 unspecified atom stereocenters. The van der Waals surface area contributed by atoms with Crippen molar-refractivity contribution >= 4 is 54.6 Å². The fourth-order valence-electron chi connectivity index (χ4n) is 1.13. The van der Waals surface area contributed by atoms with E-state index in [0.717, 1.165) is 11.5 Å². The molecule has 8 heteroatoms. The summed E-state index contributed by atoms with van der Waals surface area (Å²) in [6.45, 7) is 4.24. The normalized spacial score (nSPS) is 18.1. The number of rotatable bonds is 7. The summed E-state index contributed by atoms with van der Waals surface area (Å²) in [6.07, 6.45) is 0.